The summed E-state index contributed by atoms with van der Waals surface area (Å²) in [7, 11) is 0. The van der Waals surface area contributed by atoms with Crippen LogP contribution in [0.25, 0.3) is 0 Å². The van der Waals surface area contributed by atoms with Crippen molar-refractivity contribution in [3.05, 3.63) is 21.3 Å². The van der Waals surface area contributed by atoms with Gasteiger partial charge in [0.05, 0.1) is 5.69 Å². The summed E-state index contributed by atoms with van der Waals surface area (Å²) in [5.74, 6) is -0.0397. The summed E-state index contributed by atoms with van der Waals surface area (Å²) in [4.78, 5) is 25.9. The maximum absolute atomic E-state index is 10.6. The van der Waals surface area contributed by atoms with Gasteiger partial charge in [0.1, 0.15) is 10.9 Å². The van der Waals surface area contributed by atoms with E-state index in [1.165, 1.54) is 6.92 Å². The molecule has 5 heteroatoms. The minimum Gasteiger partial charge on any atom is -0.308 e. The van der Waals surface area contributed by atoms with Crippen LogP contribution in [0.3, 0.4) is 0 Å². The first-order valence-corrected chi connectivity index (χ1v) is 3.43. The summed E-state index contributed by atoms with van der Waals surface area (Å²) in [6.45, 7) is 1.43. The van der Waals surface area contributed by atoms with Crippen LogP contribution in [0.5, 0.6) is 0 Å². The third-order valence-corrected chi connectivity index (χ3v) is 1.50. The number of halogens is 1. The summed E-state index contributed by atoms with van der Waals surface area (Å²) >= 11 is 5.55. The van der Waals surface area contributed by atoms with Crippen molar-refractivity contribution in [2.24, 2.45) is 0 Å². The van der Waals surface area contributed by atoms with Gasteiger partial charge in [0.2, 0.25) is 0 Å². The number of ketones is 1. The van der Waals surface area contributed by atoms with Crippen molar-refractivity contribution >= 4 is 17.4 Å². The Bertz CT molecular complexity index is 326. The molecule has 0 aromatic carbocycles. The Kier molecular flexibility index (Phi) is 2.14. The smallest absolute Gasteiger partial charge is 0.308 e. The molecule has 1 aromatic rings. The molecule has 0 fully saturated rings. The lowest BCUT2D eigenvalue weighted by Gasteiger charge is -1.90. The van der Waals surface area contributed by atoms with E-state index in [1.54, 1.807) is 0 Å². The Morgan fingerprint density at radius 2 is 2.18 bits per heavy atom. The lowest BCUT2D eigenvalue weighted by molar-refractivity contribution is -0.116. The zero-order chi connectivity index (χ0) is 8.43. The number of hydrogen-bond donors (Lipinski definition) is 2. The van der Waals surface area contributed by atoms with Gasteiger partial charge >= 0.3 is 5.69 Å². The third kappa shape index (κ3) is 1.94. The normalized spacial score (nSPS) is 10.0. The summed E-state index contributed by atoms with van der Waals surface area (Å²) in [6.07, 6.45) is 0.164. The van der Waals surface area contributed by atoms with Crippen LogP contribution in [0.1, 0.15) is 12.6 Å². The van der Waals surface area contributed by atoms with Gasteiger partial charge in [-0.1, -0.05) is 11.6 Å². The number of Topliss-reactive ketones (excluding diaryl/α,β-unsaturated/α-hetero) is 1. The predicted molar refractivity (Wildman–Crippen MR) is 40.8 cm³/mol. The second kappa shape index (κ2) is 2.92. The van der Waals surface area contributed by atoms with E-state index in [1.807, 2.05) is 0 Å². The molecule has 0 bridgehead atoms. The van der Waals surface area contributed by atoms with E-state index in [0.717, 1.165) is 0 Å². The van der Waals surface area contributed by atoms with Crippen molar-refractivity contribution in [2.75, 3.05) is 0 Å². The third-order valence-electron chi connectivity index (χ3n) is 1.18. The Labute approximate surface area is 67.6 Å². The van der Waals surface area contributed by atoms with Gasteiger partial charge in [0.15, 0.2) is 0 Å². The monoisotopic (exact) mass is 174 g/mol. The molecule has 4 nitrogen and oxygen atoms in total. The van der Waals surface area contributed by atoms with Crippen LogP contribution in [-0.2, 0) is 11.2 Å². The van der Waals surface area contributed by atoms with E-state index in [2.05, 4.69) is 9.97 Å². The van der Waals surface area contributed by atoms with Crippen LogP contribution in [0.15, 0.2) is 4.79 Å². The Balaban J connectivity index is 2.94. The van der Waals surface area contributed by atoms with Gasteiger partial charge in [0.25, 0.3) is 0 Å². The van der Waals surface area contributed by atoms with E-state index in [9.17, 15) is 9.59 Å². The molecule has 11 heavy (non-hydrogen) atoms. The Morgan fingerprint density at radius 3 is 2.55 bits per heavy atom. The minimum atomic E-state index is -0.383. The average Bonchev–Trinajstić information content (AvgIpc) is 2.09. The van der Waals surface area contributed by atoms with Gasteiger partial charge < -0.3 is 4.98 Å². The molecule has 0 amide bonds. The van der Waals surface area contributed by atoms with Crippen molar-refractivity contribution in [1.29, 1.82) is 0 Å². The van der Waals surface area contributed by atoms with Crippen LogP contribution in [0, 0.1) is 0 Å². The fourth-order valence-corrected chi connectivity index (χ4v) is 0.969. The molecule has 0 radical (unpaired) electrons. The molecule has 1 rings (SSSR count). The van der Waals surface area contributed by atoms with Gasteiger partial charge in [-0.25, -0.2) is 4.79 Å². The van der Waals surface area contributed by atoms with Crippen molar-refractivity contribution in [2.45, 2.75) is 13.3 Å². The summed E-state index contributed by atoms with van der Waals surface area (Å²) in [5.41, 5.74) is 0.0652. The second-order valence-electron chi connectivity index (χ2n) is 2.25. The lowest BCUT2D eigenvalue weighted by Crippen LogP contribution is -2.03. The molecule has 0 unspecified atom stereocenters. The lowest BCUT2D eigenvalue weighted by atomic mass is 10.2. The van der Waals surface area contributed by atoms with Crippen molar-refractivity contribution in [1.82, 2.24) is 9.97 Å². The molecule has 0 aliphatic rings. The minimum absolute atomic E-state index is 0.0397. The molecular formula is C6H7ClN2O2. The molecule has 2 N–H and O–H groups in total. The molecular weight excluding hydrogens is 168 g/mol. The summed E-state index contributed by atoms with van der Waals surface area (Å²) in [6, 6.07) is 0. The zero-order valence-electron chi connectivity index (χ0n) is 5.90. The van der Waals surface area contributed by atoms with Gasteiger partial charge in [-0.05, 0) is 6.92 Å². The number of aromatic amines is 2. The maximum atomic E-state index is 10.6. The highest BCUT2D eigenvalue weighted by Gasteiger charge is 2.05. The van der Waals surface area contributed by atoms with Gasteiger partial charge in [-0.15, -0.1) is 0 Å². The second-order valence-corrected chi connectivity index (χ2v) is 2.63. The fourth-order valence-electron chi connectivity index (χ4n) is 0.769. The first kappa shape index (κ1) is 8.07. The number of rotatable bonds is 2. The molecule has 0 atom stereocenters. The van der Waals surface area contributed by atoms with Crippen LogP contribution < -0.4 is 5.69 Å². The number of imidazole rings is 1. The first-order chi connectivity index (χ1) is 5.09. The topological polar surface area (TPSA) is 65.7 Å². The number of hydrogen-bond acceptors (Lipinski definition) is 2. The molecule has 0 spiro atoms. The number of carbonyl (C=O) groups is 1. The maximum Gasteiger partial charge on any atom is 0.324 e. The molecule has 1 heterocycles. The van der Waals surface area contributed by atoms with Crippen LogP contribution in [0.4, 0.5) is 0 Å². The number of nitrogens with one attached hydrogen (secondary N) is 2. The molecule has 0 saturated heterocycles. The molecule has 1 aromatic heterocycles. The van der Waals surface area contributed by atoms with E-state index in [4.69, 9.17) is 11.6 Å². The standard InChI is InChI=1S/C6H7ClN2O2/c1-3(10)2-4-5(7)9-6(11)8-4/h2H2,1H3,(H2,8,9,11). The van der Waals surface area contributed by atoms with E-state index >= 15 is 0 Å². The van der Waals surface area contributed by atoms with Crippen LogP contribution >= 0.6 is 11.6 Å². The highest BCUT2D eigenvalue weighted by Crippen LogP contribution is 2.07. The largest absolute Gasteiger partial charge is 0.324 e. The predicted octanol–water partition coefficient (Wildman–Crippen LogP) is 0.488. The zero-order valence-corrected chi connectivity index (χ0v) is 6.66. The Hall–Kier alpha value is -1.03. The fraction of sp³-hybridized carbons (Fsp3) is 0.333. The van der Waals surface area contributed by atoms with Crippen LogP contribution in [-0.4, -0.2) is 15.8 Å². The quantitative estimate of drug-likeness (QED) is 0.685. The highest BCUT2D eigenvalue weighted by molar-refractivity contribution is 6.30. The summed E-state index contributed by atoms with van der Waals surface area (Å²) < 4.78 is 0. The van der Waals surface area contributed by atoms with Crippen molar-refractivity contribution < 1.29 is 4.79 Å². The van der Waals surface area contributed by atoms with Crippen molar-refractivity contribution in [3.8, 4) is 0 Å². The van der Waals surface area contributed by atoms with Crippen LogP contribution in [0.2, 0.25) is 5.15 Å². The molecule has 0 aliphatic carbocycles. The number of H-pyrrole nitrogens is 2. The number of aromatic nitrogens is 2. The van der Waals surface area contributed by atoms with Gasteiger partial charge in [-0.3, -0.25) is 9.78 Å². The van der Waals surface area contributed by atoms with E-state index < -0.39 is 0 Å². The van der Waals surface area contributed by atoms with Gasteiger partial charge in [-0.2, -0.15) is 0 Å². The average molecular weight is 175 g/mol. The number of carbonyl (C=O) groups excluding carboxylic acids is 1. The molecule has 60 valence electrons. The van der Waals surface area contributed by atoms with Gasteiger partial charge in [0, 0.05) is 6.42 Å². The molecule has 0 aliphatic heterocycles. The van der Waals surface area contributed by atoms with Crippen molar-refractivity contribution in [3.63, 3.8) is 0 Å². The highest BCUT2D eigenvalue weighted by atomic mass is 35.5. The molecule has 0 saturated carbocycles. The first-order valence-electron chi connectivity index (χ1n) is 3.05. The Morgan fingerprint density at radius 1 is 1.55 bits per heavy atom. The van der Waals surface area contributed by atoms with E-state index in [-0.39, 0.29) is 23.0 Å². The van der Waals surface area contributed by atoms with E-state index in [0.29, 0.717) is 5.69 Å². The summed E-state index contributed by atoms with van der Waals surface area (Å²) in [5, 5.41) is 0.213. The SMILES string of the molecule is CC(=O)Cc1[nH]c(=O)[nH]c1Cl.